The van der Waals surface area contributed by atoms with E-state index in [1.54, 1.807) is 11.0 Å². The minimum Gasteiger partial charge on any atom is -0.445 e. The number of carbonyl (C=O) groups is 2. The van der Waals surface area contributed by atoms with Crippen LogP contribution in [0.2, 0.25) is 0 Å². The lowest BCUT2D eigenvalue weighted by Gasteiger charge is -2.30. The summed E-state index contributed by atoms with van der Waals surface area (Å²) in [6.45, 7) is 6.84. The van der Waals surface area contributed by atoms with Crippen molar-refractivity contribution < 1.29 is 14.3 Å². The topological polar surface area (TPSA) is 46.6 Å². The predicted molar refractivity (Wildman–Crippen MR) is 61.1 cm³/mol. The number of hydrogen-bond donors (Lipinski definition) is 0. The van der Waals surface area contributed by atoms with Crippen molar-refractivity contribution in [3.05, 3.63) is 12.7 Å². The van der Waals surface area contributed by atoms with Gasteiger partial charge in [-0.3, -0.25) is 4.79 Å². The Kier molecular flexibility index (Phi) is 5.02. The van der Waals surface area contributed by atoms with Crippen LogP contribution in [-0.2, 0) is 9.53 Å². The standard InChI is InChI=1S/C12H19NO3/c1-3-9-16-12(15)13-7-5-10(6-8-13)11(14)4-2/h3,10H,1,4-9H2,2H3. The van der Waals surface area contributed by atoms with Crippen LogP contribution in [0.3, 0.4) is 0 Å². The van der Waals surface area contributed by atoms with Crippen molar-refractivity contribution in [3.63, 3.8) is 0 Å². The molecule has 0 aromatic heterocycles. The molecule has 0 unspecified atom stereocenters. The third-order valence-electron chi connectivity index (χ3n) is 2.88. The highest BCUT2D eigenvalue weighted by atomic mass is 16.6. The van der Waals surface area contributed by atoms with E-state index in [1.165, 1.54) is 0 Å². The highest BCUT2D eigenvalue weighted by Gasteiger charge is 2.26. The van der Waals surface area contributed by atoms with Crippen LogP contribution in [-0.4, -0.2) is 36.5 Å². The molecule has 0 saturated carbocycles. The first-order chi connectivity index (χ1) is 7.69. The SMILES string of the molecule is C=CCOC(=O)N1CCC(C(=O)CC)CC1. The molecule has 0 aromatic carbocycles. The zero-order chi connectivity index (χ0) is 12.0. The number of hydrogen-bond acceptors (Lipinski definition) is 3. The summed E-state index contributed by atoms with van der Waals surface area (Å²) in [5.74, 6) is 0.438. The minimum absolute atomic E-state index is 0.133. The summed E-state index contributed by atoms with van der Waals surface area (Å²) in [7, 11) is 0. The van der Waals surface area contributed by atoms with Gasteiger partial charge < -0.3 is 9.64 Å². The maximum Gasteiger partial charge on any atom is 0.410 e. The Balaban J connectivity index is 2.33. The van der Waals surface area contributed by atoms with E-state index in [0.29, 0.717) is 25.3 Å². The van der Waals surface area contributed by atoms with Crippen molar-refractivity contribution in [1.29, 1.82) is 0 Å². The van der Waals surface area contributed by atoms with Crippen LogP contribution in [0.5, 0.6) is 0 Å². The van der Waals surface area contributed by atoms with Crippen molar-refractivity contribution in [2.45, 2.75) is 26.2 Å². The maximum absolute atomic E-state index is 11.5. The van der Waals surface area contributed by atoms with Gasteiger partial charge in [-0.25, -0.2) is 4.79 Å². The Labute approximate surface area is 96.3 Å². The van der Waals surface area contributed by atoms with Gasteiger partial charge in [0, 0.05) is 25.4 Å². The molecule has 0 spiro atoms. The van der Waals surface area contributed by atoms with Crippen LogP contribution >= 0.6 is 0 Å². The van der Waals surface area contributed by atoms with Gasteiger partial charge in [0.2, 0.25) is 0 Å². The summed E-state index contributed by atoms with van der Waals surface area (Å²) in [4.78, 5) is 24.6. The Morgan fingerprint density at radius 1 is 1.44 bits per heavy atom. The van der Waals surface area contributed by atoms with E-state index in [-0.39, 0.29) is 18.6 Å². The summed E-state index contributed by atoms with van der Waals surface area (Å²) in [6, 6.07) is 0. The van der Waals surface area contributed by atoms with Crippen LogP contribution in [0.25, 0.3) is 0 Å². The second kappa shape index (κ2) is 6.30. The summed E-state index contributed by atoms with van der Waals surface area (Å²) in [6.07, 6.45) is 3.35. The quantitative estimate of drug-likeness (QED) is 0.687. The van der Waals surface area contributed by atoms with Crippen LogP contribution in [0.4, 0.5) is 4.79 Å². The number of amides is 1. The first kappa shape index (κ1) is 12.7. The van der Waals surface area contributed by atoms with Gasteiger partial charge in [-0.1, -0.05) is 19.6 Å². The molecule has 0 bridgehead atoms. The summed E-state index contributed by atoms with van der Waals surface area (Å²) >= 11 is 0. The third kappa shape index (κ3) is 3.36. The fourth-order valence-corrected chi connectivity index (χ4v) is 1.89. The number of piperidine rings is 1. The lowest BCUT2D eigenvalue weighted by Crippen LogP contribution is -2.40. The molecule has 4 nitrogen and oxygen atoms in total. The molecule has 1 fully saturated rings. The van der Waals surface area contributed by atoms with Crippen LogP contribution < -0.4 is 0 Å². The van der Waals surface area contributed by atoms with Gasteiger partial charge in [-0.05, 0) is 12.8 Å². The predicted octanol–water partition coefficient (Wildman–Crippen LogP) is 2.00. The van der Waals surface area contributed by atoms with Crippen LogP contribution in [0.1, 0.15) is 26.2 Å². The van der Waals surface area contributed by atoms with Gasteiger partial charge in [0.05, 0.1) is 0 Å². The molecule has 0 N–H and O–H groups in total. The maximum atomic E-state index is 11.5. The van der Waals surface area contributed by atoms with Gasteiger partial charge in [-0.15, -0.1) is 0 Å². The molecule has 1 heterocycles. The highest BCUT2D eigenvalue weighted by Crippen LogP contribution is 2.19. The summed E-state index contributed by atoms with van der Waals surface area (Å²) in [5.41, 5.74) is 0. The van der Waals surface area contributed by atoms with Crippen LogP contribution in [0, 0.1) is 5.92 Å². The fraction of sp³-hybridized carbons (Fsp3) is 0.667. The molecule has 1 saturated heterocycles. The normalized spacial score (nSPS) is 16.9. The highest BCUT2D eigenvalue weighted by molar-refractivity contribution is 5.81. The Hall–Kier alpha value is -1.32. The smallest absolute Gasteiger partial charge is 0.410 e. The van der Waals surface area contributed by atoms with Gasteiger partial charge in [-0.2, -0.15) is 0 Å². The third-order valence-corrected chi connectivity index (χ3v) is 2.88. The first-order valence-electron chi connectivity index (χ1n) is 5.74. The van der Waals surface area contributed by atoms with E-state index in [4.69, 9.17) is 4.74 Å². The fourth-order valence-electron chi connectivity index (χ4n) is 1.89. The average Bonchev–Trinajstić information content (AvgIpc) is 2.35. The molecule has 1 aliphatic rings. The molecule has 90 valence electrons. The van der Waals surface area contributed by atoms with Crippen molar-refractivity contribution in [3.8, 4) is 0 Å². The largest absolute Gasteiger partial charge is 0.445 e. The molecule has 0 aliphatic carbocycles. The second-order valence-corrected chi connectivity index (χ2v) is 3.95. The zero-order valence-electron chi connectivity index (χ0n) is 9.78. The number of Topliss-reactive ketones (excluding diaryl/α,β-unsaturated/α-hetero) is 1. The van der Waals surface area contributed by atoms with E-state index in [9.17, 15) is 9.59 Å². The Morgan fingerprint density at radius 3 is 2.56 bits per heavy atom. The van der Waals surface area contributed by atoms with Crippen molar-refractivity contribution >= 4 is 11.9 Å². The zero-order valence-corrected chi connectivity index (χ0v) is 9.78. The van der Waals surface area contributed by atoms with E-state index in [0.717, 1.165) is 12.8 Å². The van der Waals surface area contributed by atoms with E-state index >= 15 is 0 Å². The number of likely N-dealkylation sites (tertiary alicyclic amines) is 1. The molecular weight excluding hydrogens is 206 g/mol. The molecule has 0 atom stereocenters. The summed E-state index contributed by atoms with van der Waals surface area (Å²) in [5, 5.41) is 0. The van der Waals surface area contributed by atoms with Gasteiger partial charge in [0.25, 0.3) is 0 Å². The summed E-state index contributed by atoms with van der Waals surface area (Å²) < 4.78 is 4.94. The molecule has 1 amide bonds. The lowest BCUT2D eigenvalue weighted by atomic mass is 9.91. The van der Waals surface area contributed by atoms with E-state index in [2.05, 4.69) is 6.58 Å². The number of carbonyl (C=O) groups excluding carboxylic acids is 2. The lowest BCUT2D eigenvalue weighted by molar-refractivity contribution is -0.123. The monoisotopic (exact) mass is 225 g/mol. The van der Waals surface area contributed by atoms with Gasteiger partial charge in [0.15, 0.2) is 0 Å². The van der Waals surface area contributed by atoms with E-state index in [1.807, 2.05) is 6.92 Å². The minimum atomic E-state index is -0.303. The molecule has 16 heavy (non-hydrogen) atoms. The Bertz CT molecular complexity index is 267. The Morgan fingerprint density at radius 2 is 2.06 bits per heavy atom. The van der Waals surface area contributed by atoms with E-state index < -0.39 is 0 Å². The first-order valence-corrected chi connectivity index (χ1v) is 5.74. The van der Waals surface area contributed by atoms with Gasteiger partial charge >= 0.3 is 6.09 Å². The molecule has 0 radical (unpaired) electrons. The molecule has 1 rings (SSSR count). The van der Waals surface area contributed by atoms with Crippen LogP contribution in [0.15, 0.2) is 12.7 Å². The molecule has 1 aliphatic heterocycles. The average molecular weight is 225 g/mol. The number of nitrogens with zero attached hydrogens (tertiary/aromatic N) is 1. The number of ketones is 1. The van der Waals surface area contributed by atoms with Crippen molar-refractivity contribution in [1.82, 2.24) is 4.90 Å². The van der Waals surface area contributed by atoms with Crippen molar-refractivity contribution in [2.75, 3.05) is 19.7 Å². The number of ether oxygens (including phenoxy) is 1. The van der Waals surface area contributed by atoms with Gasteiger partial charge in [0.1, 0.15) is 12.4 Å². The van der Waals surface area contributed by atoms with Crippen molar-refractivity contribution in [2.24, 2.45) is 5.92 Å². The molecule has 0 aromatic rings. The number of rotatable bonds is 4. The second-order valence-electron chi connectivity index (χ2n) is 3.95. The molecular formula is C12H19NO3. The molecule has 4 heteroatoms.